The summed E-state index contributed by atoms with van der Waals surface area (Å²) in [6.07, 6.45) is 4.05. The molecule has 0 bridgehead atoms. The van der Waals surface area contributed by atoms with Crippen LogP contribution in [0.5, 0.6) is 0 Å². The van der Waals surface area contributed by atoms with Gasteiger partial charge in [-0.25, -0.2) is 0 Å². The molecule has 2 heterocycles. The second kappa shape index (κ2) is 8.00. The minimum atomic E-state index is 0.448. The van der Waals surface area contributed by atoms with Crippen molar-refractivity contribution in [2.75, 3.05) is 33.3 Å². The highest BCUT2D eigenvalue weighted by atomic mass is 32.1. The van der Waals surface area contributed by atoms with Gasteiger partial charge in [0.25, 0.3) is 0 Å². The molecule has 19 heavy (non-hydrogen) atoms. The largest absolute Gasteiger partial charge is 0.377 e. The second-order valence-electron chi connectivity index (χ2n) is 5.45. The molecular weight excluding hydrogens is 256 g/mol. The average Bonchev–Trinajstić information content (AvgIpc) is 3.08. The van der Waals surface area contributed by atoms with Gasteiger partial charge in [0.1, 0.15) is 0 Å². The van der Waals surface area contributed by atoms with Gasteiger partial charge < -0.3 is 15.0 Å². The van der Waals surface area contributed by atoms with Gasteiger partial charge in [0.15, 0.2) is 0 Å². The molecule has 1 N–H and O–H groups in total. The van der Waals surface area contributed by atoms with Crippen molar-refractivity contribution in [2.24, 2.45) is 0 Å². The van der Waals surface area contributed by atoms with Crippen molar-refractivity contribution in [3.63, 3.8) is 0 Å². The Labute approximate surface area is 121 Å². The van der Waals surface area contributed by atoms with Gasteiger partial charge in [-0.15, -0.1) is 11.3 Å². The van der Waals surface area contributed by atoms with E-state index in [4.69, 9.17) is 4.74 Å². The Morgan fingerprint density at radius 3 is 3.16 bits per heavy atom. The normalized spacial score (nSPS) is 21.1. The summed E-state index contributed by atoms with van der Waals surface area (Å²) in [5.74, 6) is 0. The molecule has 3 nitrogen and oxygen atoms in total. The fraction of sp³-hybridized carbons (Fsp3) is 0.733. The highest BCUT2D eigenvalue weighted by Gasteiger charge is 2.15. The molecule has 1 saturated heterocycles. The lowest BCUT2D eigenvalue weighted by atomic mass is 10.2. The Morgan fingerprint density at radius 1 is 1.58 bits per heavy atom. The molecule has 0 spiro atoms. The van der Waals surface area contributed by atoms with E-state index < -0.39 is 0 Å². The summed E-state index contributed by atoms with van der Waals surface area (Å²) in [6, 6.07) is 4.92. The van der Waals surface area contributed by atoms with Gasteiger partial charge in [-0.3, -0.25) is 0 Å². The van der Waals surface area contributed by atoms with Crippen LogP contribution < -0.4 is 5.32 Å². The predicted molar refractivity (Wildman–Crippen MR) is 82.0 cm³/mol. The molecule has 0 radical (unpaired) electrons. The molecule has 1 aliphatic heterocycles. The van der Waals surface area contributed by atoms with Crippen molar-refractivity contribution in [2.45, 2.75) is 38.3 Å². The van der Waals surface area contributed by atoms with Crippen molar-refractivity contribution in [1.29, 1.82) is 0 Å². The van der Waals surface area contributed by atoms with Gasteiger partial charge in [-0.1, -0.05) is 6.07 Å². The van der Waals surface area contributed by atoms with Crippen molar-refractivity contribution < 1.29 is 4.74 Å². The average molecular weight is 282 g/mol. The molecule has 2 rings (SSSR count). The minimum absolute atomic E-state index is 0.448. The summed E-state index contributed by atoms with van der Waals surface area (Å²) >= 11 is 1.85. The van der Waals surface area contributed by atoms with Crippen LogP contribution in [0.15, 0.2) is 17.5 Å². The molecule has 2 atom stereocenters. The summed E-state index contributed by atoms with van der Waals surface area (Å²) in [6.45, 7) is 6.41. The number of rotatable bonds is 8. The Morgan fingerprint density at radius 2 is 2.47 bits per heavy atom. The zero-order valence-electron chi connectivity index (χ0n) is 12.1. The summed E-state index contributed by atoms with van der Waals surface area (Å²) in [5, 5.41) is 5.69. The molecule has 108 valence electrons. The van der Waals surface area contributed by atoms with E-state index in [0.29, 0.717) is 12.1 Å². The summed E-state index contributed by atoms with van der Waals surface area (Å²) < 4.78 is 5.62. The number of thiophene rings is 1. The van der Waals surface area contributed by atoms with E-state index in [-0.39, 0.29) is 0 Å². The minimum Gasteiger partial charge on any atom is -0.377 e. The van der Waals surface area contributed by atoms with Crippen LogP contribution in [0.25, 0.3) is 0 Å². The van der Waals surface area contributed by atoms with Crippen molar-refractivity contribution in [3.05, 3.63) is 22.4 Å². The molecule has 1 aromatic rings. The van der Waals surface area contributed by atoms with E-state index in [9.17, 15) is 0 Å². The second-order valence-corrected chi connectivity index (χ2v) is 6.48. The van der Waals surface area contributed by atoms with Crippen molar-refractivity contribution in [1.82, 2.24) is 10.2 Å². The summed E-state index contributed by atoms with van der Waals surface area (Å²) in [7, 11) is 2.21. The van der Waals surface area contributed by atoms with Gasteiger partial charge >= 0.3 is 0 Å². The molecule has 2 unspecified atom stereocenters. The van der Waals surface area contributed by atoms with Crippen LogP contribution in [-0.4, -0.2) is 50.3 Å². The number of ether oxygens (including phenoxy) is 1. The van der Waals surface area contributed by atoms with Crippen LogP contribution in [0.4, 0.5) is 0 Å². The highest BCUT2D eigenvalue weighted by molar-refractivity contribution is 7.09. The Kier molecular flexibility index (Phi) is 6.31. The number of likely N-dealkylation sites (N-methyl/N-ethyl adjacent to an activating group) is 1. The van der Waals surface area contributed by atoms with Crippen LogP contribution in [0.3, 0.4) is 0 Å². The lowest BCUT2D eigenvalue weighted by Gasteiger charge is -2.25. The van der Waals surface area contributed by atoms with Gasteiger partial charge in [0, 0.05) is 37.2 Å². The third kappa shape index (κ3) is 5.22. The third-order valence-electron chi connectivity index (χ3n) is 3.88. The number of nitrogens with zero attached hydrogens (tertiary/aromatic N) is 1. The molecule has 1 fully saturated rings. The molecule has 0 aliphatic carbocycles. The van der Waals surface area contributed by atoms with Gasteiger partial charge in [0.2, 0.25) is 0 Å². The fourth-order valence-electron chi connectivity index (χ4n) is 2.38. The fourth-order valence-corrected chi connectivity index (χ4v) is 3.07. The molecule has 1 aromatic heterocycles. The van der Waals surface area contributed by atoms with Crippen molar-refractivity contribution >= 4 is 11.3 Å². The standard InChI is InChI=1S/C15H26N2OS/c1-13(11-16-12-14-5-3-9-18-14)17(2)8-7-15-6-4-10-19-15/h4,6,10,13-14,16H,3,5,7-9,11-12H2,1-2H3. The van der Waals surface area contributed by atoms with Gasteiger partial charge in [-0.2, -0.15) is 0 Å². The number of nitrogens with one attached hydrogen (secondary N) is 1. The molecule has 0 saturated carbocycles. The molecule has 1 aliphatic rings. The quantitative estimate of drug-likeness (QED) is 0.792. The van der Waals surface area contributed by atoms with Crippen LogP contribution in [0, 0.1) is 0 Å². The highest BCUT2D eigenvalue weighted by Crippen LogP contribution is 2.11. The van der Waals surface area contributed by atoms with E-state index in [1.165, 1.54) is 17.7 Å². The van der Waals surface area contributed by atoms with E-state index in [2.05, 4.69) is 41.7 Å². The number of hydrogen-bond acceptors (Lipinski definition) is 4. The smallest absolute Gasteiger partial charge is 0.0700 e. The topological polar surface area (TPSA) is 24.5 Å². The SMILES string of the molecule is CC(CNCC1CCCO1)N(C)CCc1cccs1. The third-order valence-corrected chi connectivity index (χ3v) is 4.82. The first-order chi connectivity index (χ1) is 9.25. The first kappa shape index (κ1) is 15.0. The van der Waals surface area contributed by atoms with Crippen LogP contribution in [0.2, 0.25) is 0 Å². The van der Waals surface area contributed by atoms with Crippen LogP contribution in [0.1, 0.15) is 24.6 Å². The lowest BCUT2D eigenvalue weighted by Crippen LogP contribution is -2.40. The monoisotopic (exact) mass is 282 g/mol. The maximum atomic E-state index is 5.62. The summed E-state index contributed by atoms with van der Waals surface area (Å²) in [4.78, 5) is 3.91. The van der Waals surface area contributed by atoms with Crippen LogP contribution in [-0.2, 0) is 11.2 Å². The maximum Gasteiger partial charge on any atom is 0.0700 e. The summed E-state index contributed by atoms with van der Waals surface area (Å²) in [5.41, 5.74) is 0. The zero-order valence-corrected chi connectivity index (χ0v) is 12.9. The number of hydrogen-bond donors (Lipinski definition) is 1. The first-order valence-electron chi connectivity index (χ1n) is 7.30. The Balaban J connectivity index is 1.57. The van der Waals surface area contributed by atoms with E-state index in [0.717, 1.165) is 32.7 Å². The van der Waals surface area contributed by atoms with E-state index in [1.807, 2.05) is 11.3 Å². The van der Waals surface area contributed by atoms with Crippen molar-refractivity contribution in [3.8, 4) is 0 Å². The first-order valence-corrected chi connectivity index (χ1v) is 8.18. The Bertz CT molecular complexity index is 336. The maximum absolute atomic E-state index is 5.62. The van der Waals surface area contributed by atoms with E-state index in [1.54, 1.807) is 0 Å². The Hall–Kier alpha value is -0.420. The predicted octanol–water partition coefficient (Wildman–Crippen LogP) is 2.38. The molecule has 0 amide bonds. The lowest BCUT2D eigenvalue weighted by molar-refractivity contribution is 0.108. The van der Waals surface area contributed by atoms with Gasteiger partial charge in [0.05, 0.1) is 6.10 Å². The molecular formula is C15H26N2OS. The molecule has 4 heteroatoms. The van der Waals surface area contributed by atoms with Gasteiger partial charge in [-0.05, 0) is 44.7 Å². The van der Waals surface area contributed by atoms with E-state index >= 15 is 0 Å². The molecule has 0 aromatic carbocycles. The zero-order chi connectivity index (χ0) is 13.5. The van der Waals surface area contributed by atoms with Crippen LogP contribution >= 0.6 is 11.3 Å².